The molecule has 2 saturated heterocycles. The normalized spacial score (nSPS) is 23.1. The van der Waals surface area contributed by atoms with Crippen LogP contribution in [-0.4, -0.2) is 57.7 Å². The SMILES string of the molecule is Cn1nc(C(F)(F)F)cc1C(=O)N1CCCCC1CN1CCCCCC1. The Labute approximate surface area is 152 Å². The van der Waals surface area contributed by atoms with Crippen LogP contribution in [-0.2, 0) is 13.2 Å². The van der Waals surface area contributed by atoms with Crippen molar-refractivity contribution < 1.29 is 18.0 Å². The van der Waals surface area contributed by atoms with Gasteiger partial charge < -0.3 is 9.80 Å². The third kappa shape index (κ3) is 4.39. The Morgan fingerprint density at radius 3 is 2.38 bits per heavy atom. The minimum Gasteiger partial charge on any atom is -0.333 e. The fourth-order valence-electron chi connectivity index (χ4n) is 4.03. The molecule has 2 aliphatic rings. The number of aryl methyl sites for hydroxylation is 1. The molecule has 0 bridgehead atoms. The van der Waals surface area contributed by atoms with Crippen molar-refractivity contribution in [2.24, 2.45) is 7.05 Å². The van der Waals surface area contributed by atoms with Crippen LogP contribution in [0.1, 0.15) is 61.1 Å². The van der Waals surface area contributed by atoms with Crippen LogP contribution >= 0.6 is 0 Å². The van der Waals surface area contributed by atoms with Gasteiger partial charge in [-0.2, -0.15) is 18.3 Å². The van der Waals surface area contributed by atoms with E-state index in [0.29, 0.717) is 6.54 Å². The standard InChI is InChI=1S/C18H27F3N4O/c1-23-15(12-16(22-23)18(19,20)21)17(26)25-11-7-4-8-14(25)13-24-9-5-2-3-6-10-24/h12,14H,2-11,13H2,1H3. The van der Waals surface area contributed by atoms with E-state index in [-0.39, 0.29) is 17.6 Å². The van der Waals surface area contributed by atoms with E-state index in [1.54, 1.807) is 4.90 Å². The zero-order chi connectivity index (χ0) is 18.7. The number of likely N-dealkylation sites (tertiary alicyclic amines) is 2. The third-order valence-corrected chi connectivity index (χ3v) is 5.44. The van der Waals surface area contributed by atoms with Gasteiger partial charge in [0.25, 0.3) is 5.91 Å². The molecule has 3 heterocycles. The molecule has 0 aromatic carbocycles. The summed E-state index contributed by atoms with van der Waals surface area (Å²) in [5, 5.41) is 3.48. The van der Waals surface area contributed by atoms with Gasteiger partial charge >= 0.3 is 6.18 Å². The molecule has 8 heteroatoms. The van der Waals surface area contributed by atoms with E-state index in [2.05, 4.69) is 10.00 Å². The van der Waals surface area contributed by atoms with E-state index < -0.39 is 11.9 Å². The highest BCUT2D eigenvalue weighted by molar-refractivity contribution is 5.93. The van der Waals surface area contributed by atoms with Gasteiger partial charge in [0.2, 0.25) is 0 Å². The minimum absolute atomic E-state index is 0.0140. The second-order valence-corrected chi connectivity index (χ2v) is 7.40. The van der Waals surface area contributed by atoms with Crippen LogP contribution in [0.2, 0.25) is 0 Å². The van der Waals surface area contributed by atoms with Crippen molar-refractivity contribution in [3.63, 3.8) is 0 Å². The summed E-state index contributed by atoms with van der Waals surface area (Å²) in [6.45, 7) is 3.50. The predicted molar refractivity (Wildman–Crippen MR) is 91.8 cm³/mol. The molecular weight excluding hydrogens is 345 g/mol. The Kier molecular flexibility index (Phi) is 5.89. The van der Waals surface area contributed by atoms with Crippen molar-refractivity contribution in [3.05, 3.63) is 17.5 Å². The van der Waals surface area contributed by atoms with Crippen LogP contribution in [0.5, 0.6) is 0 Å². The van der Waals surface area contributed by atoms with Crippen LogP contribution in [0.3, 0.4) is 0 Å². The van der Waals surface area contributed by atoms with Gasteiger partial charge in [-0.15, -0.1) is 0 Å². The molecule has 0 saturated carbocycles. The van der Waals surface area contributed by atoms with Gasteiger partial charge in [0.1, 0.15) is 5.69 Å². The maximum atomic E-state index is 13.0. The topological polar surface area (TPSA) is 41.4 Å². The number of rotatable bonds is 3. The van der Waals surface area contributed by atoms with Crippen molar-refractivity contribution in [2.45, 2.75) is 57.2 Å². The molecule has 1 aromatic rings. The zero-order valence-corrected chi connectivity index (χ0v) is 15.3. The van der Waals surface area contributed by atoms with Gasteiger partial charge in [-0.25, -0.2) is 0 Å². The molecule has 5 nitrogen and oxygen atoms in total. The maximum absolute atomic E-state index is 13.0. The second kappa shape index (κ2) is 7.98. The lowest BCUT2D eigenvalue weighted by Gasteiger charge is -2.38. The average Bonchev–Trinajstić information content (AvgIpc) is 2.82. The van der Waals surface area contributed by atoms with Crippen LogP contribution in [0.15, 0.2) is 6.07 Å². The van der Waals surface area contributed by atoms with Crippen LogP contribution < -0.4 is 0 Å². The summed E-state index contributed by atoms with van der Waals surface area (Å²) >= 11 is 0. The molecule has 3 rings (SSSR count). The molecule has 1 aromatic heterocycles. The van der Waals surface area contributed by atoms with Crippen molar-refractivity contribution in [1.29, 1.82) is 0 Å². The first kappa shape index (κ1) is 19.2. The molecule has 1 amide bonds. The Hall–Kier alpha value is -1.57. The van der Waals surface area contributed by atoms with Crippen molar-refractivity contribution >= 4 is 5.91 Å². The van der Waals surface area contributed by atoms with E-state index >= 15 is 0 Å². The summed E-state index contributed by atoms with van der Waals surface area (Å²) in [6, 6.07) is 0.943. The highest BCUT2D eigenvalue weighted by Crippen LogP contribution is 2.29. The van der Waals surface area contributed by atoms with Gasteiger partial charge in [-0.1, -0.05) is 12.8 Å². The highest BCUT2D eigenvalue weighted by atomic mass is 19.4. The van der Waals surface area contributed by atoms with E-state index in [1.165, 1.54) is 32.7 Å². The van der Waals surface area contributed by atoms with Gasteiger partial charge in [0.15, 0.2) is 5.69 Å². The summed E-state index contributed by atoms with van der Waals surface area (Å²) in [6.07, 6.45) is 3.18. The smallest absolute Gasteiger partial charge is 0.333 e. The highest BCUT2D eigenvalue weighted by Gasteiger charge is 2.37. The van der Waals surface area contributed by atoms with E-state index in [4.69, 9.17) is 0 Å². The molecule has 0 spiro atoms. The predicted octanol–water partition coefficient (Wildman–Crippen LogP) is 3.31. The Balaban J connectivity index is 1.74. The van der Waals surface area contributed by atoms with Crippen molar-refractivity contribution in [3.8, 4) is 0 Å². The molecule has 0 radical (unpaired) electrons. The number of halogens is 3. The average molecular weight is 372 g/mol. The number of aromatic nitrogens is 2. The first-order valence-electron chi connectivity index (χ1n) is 9.51. The minimum atomic E-state index is -4.54. The molecule has 2 aliphatic heterocycles. The summed E-state index contributed by atoms with van der Waals surface area (Å²) in [5.74, 6) is -0.338. The number of hydrogen-bond acceptors (Lipinski definition) is 3. The lowest BCUT2D eigenvalue weighted by molar-refractivity contribution is -0.141. The molecular formula is C18H27F3N4O. The monoisotopic (exact) mass is 372 g/mol. The Morgan fingerprint density at radius 1 is 1.12 bits per heavy atom. The lowest BCUT2D eigenvalue weighted by Crippen LogP contribution is -2.50. The van der Waals surface area contributed by atoms with Gasteiger partial charge in [0.05, 0.1) is 0 Å². The van der Waals surface area contributed by atoms with E-state index in [1.807, 2.05) is 0 Å². The number of piperidine rings is 1. The van der Waals surface area contributed by atoms with E-state index in [9.17, 15) is 18.0 Å². The fraction of sp³-hybridized carbons (Fsp3) is 0.778. The number of hydrogen-bond donors (Lipinski definition) is 0. The number of alkyl halides is 3. The first-order chi connectivity index (χ1) is 12.4. The molecule has 2 fully saturated rings. The van der Waals surface area contributed by atoms with Crippen LogP contribution in [0, 0.1) is 0 Å². The van der Waals surface area contributed by atoms with E-state index in [0.717, 1.165) is 49.6 Å². The first-order valence-corrected chi connectivity index (χ1v) is 9.51. The molecule has 1 atom stereocenters. The quantitative estimate of drug-likeness (QED) is 0.817. The number of carbonyl (C=O) groups excluding carboxylic acids is 1. The molecule has 0 aliphatic carbocycles. The second-order valence-electron chi connectivity index (χ2n) is 7.40. The lowest BCUT2D eigenvalue weighted by atomic mass is 10.0. The van der Waals surface area contributed by atoms with Crippen molar-refractivity contribution in [1.82, 2.24) is 19.6 Å². The van der Waals surface area contributed by atoms with Crippen LogP contribution in [0.25, 0.3) is 0 Å². The van der Waals surface area contributed by atoms with Gasteiger partial charge in [0, 0.05) is 32.2 Å². The largest absolute Gasteiger partial charge is 0.435 e. The summed E-state index contributed by atoms with van der Waals surface area (Å²) < 4.78 is 39.8. The summed E-state index contributed by atoms with van der Waals surface area (Å²) in [5.41, 5.74) is -0.996. The maximum Gasteiger partial charge on any atom is 0.435 e. The number of nitrogens with zero attached hydrogens (tertiary/aromatic N) is 4. The Morgan fingerprint density at radius 2 is 1.77 bits per heavy atom. The Bertz CT molecular complexity index is 620. The number of carbonyl (C=O) groups is 1. The summed E-state index contributed by atoms with van der Waals surface area (Å²) in [4.78, 5) is 17.1. The van der Waals surface area contributed by atoms with Gasteiger partial charge in [-0.05, 0) is 45.2 Å². The third-order valence-electron chi connectivity index (χ3n) is 5.44. The molecule has 1 unspecified atom stereocenters. The molecule has 26 heavy (non-hydrogen) atoms. The van der Waals surface area contributed by atoms with Gasteiger partial charge in [-0.3, -0.25) is 9.48 Å². The number of amides is 1. The van der Waals surface area contributed by atoms with Crippen LogP contribution in [0.4, 0.5) is 13.2 Å². The zero-order valence-electron chi connectivity index (χ0n) is 15.3. The summed E-state index contributed by atoms with van der Waals surface area (Å²) in [7, 11) is 1.40. The van der Waals surface area contributed by atoms with Crippen molar-refractivity contribution in [2.75, 3.05) is 26.2 Å². The molecule has 146 valence electrons. The fourth-order valence-corrected chi connectivity index (χ4v) is 4.03. The molecule has 0 N–H and O–H groups in total.